The molecule has 0 fully saturated rings. The Hall–Kier alpha value is -3.56. The molecule has 1 aliphatic rings. The number of aryl methyl sites for hydroxylation is 2. The van der Waals surface area contributed by atoms with E-state index in [4.69, 9.17) is 4.98 Å². The molecule has 0 saturated carbocycles. The summed E-state index contributed by atoms with van der Waals surface area (Å²) in [5.41, 5.74) is 2.92. The van der Waals surface area contributed by atoms with Gasteiger partial charge in [0.05, 0.1) is 5.52 Å². The number of carbonyl (C=O) groups is 2. The predicted octanol–water partition coefficient (Wildman–Crippen LogP) is 4.95. The van der Waals surface area contributed by atoms with Gasteiger partial charge < -0.3 is 15.7 Å². The lowest BCUT2D eigenvalue weighted by Gasteiger charge is -2.17. The van der Waals surface area contributed by atoms with Crippen molar-refractivity contribution in [3.8, 4) is 0 Å². The maximum Gasteiger partial charge on any atom is 0.333 e. The number of pyridine rings is 1. The first-order valence-corrected chi connectivity index (χ1v) is 12.4. The quantitative estimate of drug-likeness (QED) is 0.304. The van der Waals surface area contributed by atoms with Crippen LogP contribution in [0.3, 0.4) is 0 Å². The molecule has 10 heteroatoms. The Labute approximate surface area is 208 Å². The van der Waals surface area contributed by atoms with Gasteiger partial charge in [-0.2, -0.15) is 13.9 Å². The van der Waals surface area contributed by atoms with E-state index in [1.54, 1.807) is 0 Å². The summed E-state index contributed by atoms with van der Waals surface area (Å²) in [5.74, 6) is -0.633. The summed E-state index contributed by atoms with van der Waals surface area (Å²) in [6, 6.07) is 7.61. The minimum atomic E-state index is -2.77. The molecule has 0 radical (unpaired) electrons. The Morgan fingerprint density at radius 2 is 1.92 bits per heavy atom. The van der Waals surface area contributed by atoms with Crippen molar-refractivity contribution in [2.24, 2.45) is 0 Å². The third kappa shape index (κ3) is 6.56. The summed E-state index contributed by atoms with van der Waals surface area (Å²) in [4.78, 5) is 29.0. The Kier molecular flexibility index (Phi) is 8.45. The molecule has 36 heavy (non-hydrogen) atoms. The molecule has 3 aromatic rings. The molecule has 1 aliphatic heterocycles. The zero-order chi connectivity index (χ0) is 25.5. The standard InChI is InChI=1S/C26H31F2N5O3/c27-26(28)33-16-19-15-18(11-13-21(19)32-33)24(34)31-22(25(35)36)9-5-3-1-2-4-8-20-12-10-17-7-6-14-29-23(17)30-20/h10-13,15-16,22,26H,1-9,14H2,(H,29,30)(H,31,34)(H,35,36)/t22-/m0/s1. The first-order valence-electron chi connectivity index (χ1n) is 12.4. The zero-order valence-corrected chi connectivity index (χ0v) is 20.1. The SMILES string of the molecule is O=C(N[C@@H](CCCCCCCc1ccc2c(n1)NCCC2)C(=O)O)c1ccc2nn(C(F)F)cc2c1. The topological polar surface area (TPSA) is 109 Å². The maximum atomic E-state index is 12.8. The van der Waals surface area contributed by atoms with Crippen LogP contribution < -0.4 is 10.6 Å². The minimum Gasteiger partial charge on any atom is -0.480 e. The fourth-order valence-electron chi connectivity index (χ4n) is 4.48. The van der Waals surface area contributed by atoms with Crippen molar-refractivity contribution in [2.45, 2.75) is 70.4 Å². The highest BCUT2D eigenvalue weighted by atomic mass is 19.3. The van der Waals surface area contributed by atoms with E-state index in [1.807, 2.05) is 0 Å². The largest absolute Gasteiger partial charge is 0.480 e. The van der Waals surface area contributed by atoms with Gasteiger partial charge in [0.1, 0.15) is 11.9 Å². The van der Waals surface area contributed by atoms with Crippen LogP contribution in [0.2, 0.25) is 0 Å². The van der Waals surface area contributed by atoms with Crippen molar-refractivity contribution in [1.29, 1.82) is 0 Å². The van der Waals surface area contributed by atoms with E-state index < -0.39 is 24.5 Å². The first kappa shape index (κ1) is 25.5. The van der Waals surface area contributed by atoms with E-state index in [0.717, 1.165) is 69.2 Å². The Morgan fingerprint density at radius 1 is 1.11 bits per heavy atom. The number of halogens is 2. The average molecular weight is 500 g/mol. The van der Waals surface area contributed by atoms with E-state index in [-0.39, 0.29) is 5.56 Å². The number of benzene rings is 1. The maximum absolute atomic E-state index is 12.8. The predicted molar refractivity (Wildman–Crippen MR) is 132 cm³/mol. The van der Waals surface area contributed by atoms with Gasteiger partial charge in [-0.25, -0.2) is 14.5 Å². The Bertz CT molecular complexity index is 1210. The molecule has 1 amide bonds. The molecule has 0 saturated heterocycles. The summed E-state index contributed by atoms with van der Waals surface area (Å²) in [6.07, 6.45) is 9.21. The van der Waals surface area contributed by atoms with Crippen LogP contribution in [0, 0.1) is 0 Å². The number of aliphatic carboxylic acids is 1. The van der Waals surface area contributed by atoms with Crippen molar-refractivity contribution in [3.63, 3.8) is 0 Å². The number of carboxylic acid groups (broad SMARTS) is 1. The van der Waals surface area contributed by atoms with Gasteiger partial charge in [0.25, 0.3) is 5.91 Å². The lowest BCUT2D eigenvalue weighted by Crippen LogP contribution is -2.40. The molecule has 4 rings (SSSR count). The number of anilines is 1. The van der Waals surface area contributed by atoms with E-state index in [9.17, 15) is 23.5 Å². The molecule has 0 aliphatic carbocycles. The number of aromatic nitrogens is 3. The second-order valence-corrected chi connectivity index (χ2v) is 9.17. The molecule has 3 heterocycles. The van der Waals surface area contributed by atoms with Crippen LogP contribution in [0.25, 0.3) is 10.9 Å². The van der Waals surface area contributed by atoms with Crippen LogP contribution in [0.5, 0.6) is 0 Å². The van der Waals surface area contributed by atoms with Gasteiger partial charge in [0.15, 0.2) is 0 Å². The number of amides is 1. The second-order valence-electron chi connectivity index (χ2n) is 9.17. The number of hydrogen-bond acceptors (Lipinski definition) is 5. The number of alkyl halides is 2. The average Bonchev–Trinajstić information content (AvgIpc) is 3.31. The minimum absolute atomic E-state index is 0.202. The number of fused-ring (bicyclic) bond motifs is 2. The summed E-state index contributed by atoms with van der Waals surface area (Å²) in [5, 5.41) is 19.6. The van der Waals surface area contributed by atoms with Gasteiger partial charge in [0, 0.05) is 29.4 Å². The highest BCUT2D eigenvalue weighted by Gasteiger charge is 2.21. The lowest BCUT2D eigenvalue weighted by molar-refractivity contribution is -0.139. The number of rotatable bonds is 12. The van der Waals surface area contributed by atoms with Crippen molar-refractivity contribution in [1.82, 2.24) is 20.1 Å². The van der Waals surface area contributed by atoms with Crippen LogP contribution in [-0.4, -0.2) is 44.3 Å². The number of nitrogens with zero attached hydrogens (tertiary/aromatic N) is 3. The van der Waals surface area contributed by atoms with Crippen LogP contribution in [-0.2, 0) is 17.6 Å². The third-order valence-electron chi connectivity index (χ3n) is 6.47. The number of hydrogen-bond donors (Lipinski definition) is 3. The second kappa shape index (κ2) is 11.9. The fourth-order valence-corrected chi connectivity index (χ4v) is 4.48. The smallest absolute Gasteiger partial charge is 0.333 e. The van der Waals surface area contributed by atoms with Crippen molar-refractivity contribution in [3.05, 3.63) is 53.3 Å². The first-order chi connectivity index (χ1) is 17.4. The Morgan fingerprint density at radius 3 is 2.72 bits per heavy atom. The molecule has 0 bridgehead atoms. The summed E-state index contributed by atoms with van der Waals surface area (Å²) >= 11 is 0. The molecule has 8 nitrogen and oxygen atoms in total. The molecule has 3 N–H and O–H groups in total. The van der Waals surface area contributed by atoms with E-state index in [2.05, 4.69) is 27.9 Å². The summed E-state index contributed by atoms with van der Waals surface area (Å²) in [6.45, 7) is -1.80. The van der Waals surface area contributed by atoms with Gasteiger partial charge in [-0.05, 0) is 61.9 Å². The van der Waals surface area contributed by atoms with Crippen LogP contribution in [0.15, 0.2) is 36.5 Å². The van der Waals surface area contributed by atoms with Gasteiger partial charge >= 0.3 is 12.5 Å². The van der Waals surface area contributed by atoms with Gasteiger partial charge in [0.2, 0.25) is 0 Å². The van der Waals surface area contributed by atoms with Gasteiger partial charge in [-0.3, -0.25) is 4.79 Å². The molecule has 192 valence electrons. The van der Waals surface area contributed by atoms with E-state index in [1.165, 1.54) is 23.8 Å². The number of unbranched alkanes of at least 4 members (excludes halogenated alkanes) is 4. The highest BCUT2D eigenvalue weighted by molar-refractivity contribution is 5.99. The van der Waals surface area contributed by atoms with E-state index in [0.29, 0.717) is 28.4 Å². The normalized spacial score (nSPS) is 13.9. The fraction of sp³-hybridized carbons (Fsp3) is 0.462. The van der Waals surface area contributed by atoms with E-state index >= 15 is 0 Å². The van der Waals surface area contributed by atoms with Gasteiger partial charge in [-0.15, -0.1) is 0 Å². The van der Waals surface area contributed by atoms with Crippen molar-refractivity contribution < 1.29 is 23.5 Å². The zero-order valence-electron chi connectivity index (χ0n) is 20.1. The van der Waals surface area contributed by atoms with Crippen molar-refractivity contribution >= 4 is 28.6 Å². The van der Waals surface area contributed by atoms with Crippen molar-refractivity contribution in [2.75, 3.05) is 11.9 Å². The number of carboxylic acids is 1. The Balaban J connectivity index is 1.18. The summed E-state index contributed by atoms with van der Waals surface area (Å²) < 4.78 is 26.2. The molecule has 1 aromatic carbocycles. The molecule has 2 aromatic heterocycles. The molecular formula is C26H31F2N5O3. The molecule has 1 atom stereocenters. The lowest BCUT2D eigenvalue weighted by atomic mass is 10.0. The molecule has 0 spiro atoms. The van der Waals surface area contributed by atoms with Crippen LogP contribution in [0.1, 0.15) is 73.1 Å². The van der Waals surface area contributed by atoms with Gasteiger partial charge in [-0.1, -0.05) is 31.7 Å². The third-order valence-corrected chi connectivity index (χ3v) is 6.47. The van der Waals surface area contributed by atoms with Crippen LogP contribution >= 0.6 is 0 Å². The molecule has 0 unspecified atom stereocenters. The molecular weight excluding hydrogens is 468 g/mol. The number of nitrogens with one attached hydrogen (secondary N) is 2. The summed E-state index contributed by atoms with van der Waals surface area (Å²) in [7, 11) is 0. The number of carbonyl (C=O) groups excluding carboxylic acids is 1. The van der Waals surface area contributed by atoms with Crippen LogP contribution in [0.4, 0.5) is 14.6 Å². The highest BCUT2D eigenvalue weighted by Crippen LogP contribution is 2.21. The monoisotopic (exact) mass is 499 g/mol.